The fourth-order valence-corrected chi connectivity index (χ4v) is 7.51. The van der Waals surface area contributed by atoms with Gasteiger partial charge in [-0.3, -0.25) is 9.69 Å². The van der Waals surface area contributed by atoms with E-state index in [1.165, 1.54) is 30.5 Å². The van der Waals surface area contributed by atoms with E-state index < -0.39 is 15.9 Å². The van der Waals surface area contributed by atoms with Gasteiger partial charge >= 0.3 is 0 Å². The van der Waals surface area contributed by atoms with Gasteiger partial charge in [0.2, 0.25) is 10.0 Å². The fraction of sp³-hybridized carbons (Fsp3) is 0.500. The van der Waals surface area contributed by atoms with E-state index in [2.05, 4.69) is 44.3 Å². The van der Waals surface area contributed by atoms with Crippen molar-refractivity contribution in [1.29, 1.82) is 0 Å². The summed E-state index contributed by atoms with van der Waals surface area (Å²) in [6.45, 7) is 2.79. The maximum absolute atomic E-state index is 13.2. The Morgan fingerprint density at radius 3 is 2.56 bits per heavy atom. The van der Waals surface area contributed by atoms with E-state index in [9.17, 15) is 13.2 Å². The summed E-state index contributed by atoms with van der Waals surface area (Å²) >= 11 is 0. The van der Waals surface area contributed by atoms with Crippen LogP contribution in [0.3, 0.4) is 0 Å². The molecule has 3 aliphatic rings. The number of para-hydroxylation sites is 1. The second-order valence-electron chi connectivity index (χ2n) is 11.4. The quantitative estimate of drug-likeness (QED) is 0.484. The highest BCUT2D eigenvalue weighted by Gasteiger charge is 2.33. The summed E-state index contributed by atoms with van der Waals surface area (Å²) in [4.78, 5) is 17.6. The highest BCUT2D eigenvalue weighted by molar-refractivity contribution is 7.90. The Labute approximate surface area is 231 Å². The molecule has 1 aromatic heterocycles. The number of likely N-dealkylation sites (N-methyl/N-ethyl adjacent to an activating group) is 2. The van der Waals surface area contributed by atoms with E-state index in [1.807, 2.05) is 25.2 Å². The molecule has 6 rings (SSSR count). The molecule has 9 heteroatoms. The average Bonchev–Trinajstić information content (AvgIpc) is 3.13. The van der Waals surface area contributed by atoms with Crippen LogP contribution in [0.1, 0.15) is 60.4 Å². The number of sulfonamides is 1. The van der Waals surface area contributed by atoms with Crippen LogP contribution < -0.4 is 9.46 Å². The number of carbonyl (C=O) groups is 1. The number of nitrogens with one attached hydrogen (secondary N) is 1. The number of carbonyl (C=O) groups excluding carboxylic acids is 1. The summed E-state index contributed by atoms with van der Waals surface area (Å²) in [5, 5.41) is 1.15. The first-order valence-electron chi connectivity index (χ1n) is 14.2. The zero-order chi connectivity index (χ0) is 27.1. The third-order valence-corrected chi connectivity index (χ3v) is 9.97. The van der Waals surface area contributed by atoms with Crippen LogP contribution in [0.25, 0.3) is 22.2 Å². The van der Waals surface area contributed by atoms with E-state index in [1.54, 1.807) is 6.07 Å². The Balaban J connectivity index is 1.57. The molecule has 1 amide bonds. The number of nitrogens with zero attached hydrogens (tertiary/aromatic N) is 3. The van der Waals surface area contributed by atoms with E-state index in [0.717, 1.165) is 48.1 Å². The molecule has 3 heterocycles. The van der Waals surface area contributed by atoms with Gasteiger partial charge in [-0.05, 0) is 75.6 Å². The zero-order valence-electron chi connectivity index (χ0n) is 22.9. The highest BCUT2D eigenvalue weighted by atomic mass is 32.2. The number of fused-ring (bicyclic) bond motifs is 4. The molecular weight excluding hydrogens is 512 g/mol. The van der Waals surface area contributed by atoms with Crippen LogP contribution in [0, 0.1) is 0 Å². The number of hydrogen-bond donors (Lipinski definition) is 1. The van der Waals surface area contributed by atoms with Gasteiger partial charge in [0.05, 0.1) is 18.0 Å². The van der Waals surface area contributed by atoms with E-state index in [0.29, 0.717) is 31.0 Å². The van der Waals surface area contributed by atoms with Crippen LogP contribution in [0.15, 0.2) is 42.5 Å². The fourth-order valence-electron chi connectivity index (χ4n) is 6.50. The van der Waals surface area contributed by atoms with Gasteiger partial charge in [-0.2, -0.15) is 0 Å². The van der Waals surface area contributed by atoms with Crippen molar-refractivity contribution < 1.29 is 17.9 Å². The smallest absolute Gasteiger partial charge is 0.264 e. The second kappa shape index (κ2) is 10.6. The van der Waals surface area contributed by atoms with Crippen LogP contribution in [0.5, 0.6) is 5.75 Å². The molecule has 208 valence electrons. The number of hydrogen-bond acceptors (Lipinski definition) is 6. The monoisotopic (exact) mass is 550 g/mol. The highest BCUT2D eigenvalue weighted by Crippen LogP contribution is 2.47. The number of aromatic nitrogens is 1. The summed E-state index contributed by atoms with van der Waals surface area (Å²) in [5.74, 6) is 0.645. The van der Waals surface area contributed by atoms with Gasteiger partial charge in [-0.15, -0.1) is 0 Å². The lowest BCUT2D eigenvalue weighted by Gasteiger charge is -2.30. The molecule has 1 N–H and O–H groups in total. The van der Waals surface area contributed by atoms with Gasteiger partial charge in [0, 0.05) is 35.1 Å². The predicted octanol–water partition coefficient (Wildman–Crippen LogP) is 4.40. The van der Waals surface area contributed by atoms with Crippen molar-refractivity contribution in [3.05, 3.63) is 53.6 Å². The van der Waals surface area contributed by atoms with Gasteiger partial charge in [-0.1, -0.05) is 37.5 Å². The SMILES string of the molecule is CN1CCCS(=O)(=O)NC(=O)c2ccc3c(C4CCCCC4)c4n(c3c2)C[C@H](Oc2ccccc2-4)N(C)CC1. The standard InChI is InChI=1S/C30H38N4O4S/c1-32-15-8-18-39(36,37)31-30(35)22-13-14-23-25(19-22)34-20-27(33(2)17-16-32)38-26-12-7-6-11-24(26)29(34)28(23)21-9-4-3-5-10-21/h6-7,11-14,19,21,27H,3-5,8-10,15-18,20H2,1-2H3,(H,31,35)/t27-/m0/s1. The molecule has 1 fully saturated rings. The van der Waals surface area contributed by atoms with Crippen molar-refractivity contribution in [1.82, 2.24) is 19.1 Å². The molecule has 4 bridgehead atoms. The second-order valence-corrected chi connectivity index (χ2v) is 13.2. The first-order chi connectivity index (χ1) is 18.8. The van der Waals surface area contributed by atoms with Crippen LogP contribution in [-0.4, -0.2) is 74.4 Å². The number of ether oxygens (including phenoxy) is 1. The minimum absolute atomic E-state index is 0.0887. The molecule has 0 unspecified atom stereocenters. The summed E-state index contributed by atoms with van der Waals surface area (Å²) in [7, 11) is 0.358. The van der Waals surface area contributed by atoms with Crippen LogP contribution >= 0.6 is 0 Å². The van der Waals surface area contributed by atoms with Gasteiger partial charge in [0.1, 0.15) is 5.75 Å². The first kappa shape index (κ1) is 26.3. The van der Waals surface area contributed by atoms with Crippen LogP contribution in [0.4, 0.5) is 0 Å². The average molecular weight is 551 g/mol. The van der Waals surface area contributed by atoms with Gasteiger partial charge in [0.15, 0.2) is 6.23 Å². The van der Waals surface area contributed by atoms with Gasteiger partial charge in [0.25, 0.3) is 5.91 Å². The Kier molecular flexibility index (Phi) is 7.16. The summed E-state index contributed by atoms with van der Waals surface area (Å²) in [5.41, 5.74) is 4.90. The van der Waals surface area contributed by atoms with E-state index in [-0.39, 0.29) is 12.0 Å². The minimum Gasteiger partial charge on any atom is -0.473 e. The normalized spacial score (nSPS) is 23.3. The Bertz CT molecular complexity index is 1490. The van der Waals surface area contributed by atoms with Crippen molar-refractivity contribution in [2.24, 2.45) is 0 Å². The molecule has 2 aliphatic heterocycles. The van der Waals surface area contributed by atoms with E-state index >= 15 is 0 Å². The minimum atomic E-state index is -3.73. The van der Waals surface area contributed by atoms with Gasteiger partial charge < -0.3 is 14.2 Å². The molecule has 1 saturated carbocycles. The summed E-state index contributed by atoms with van der Waals surface area (Å²) in [6, 6.07) is 14.0. The lowest BCUT2D eigenvalue weighted by atomic mass is 9.81. The topological polar surface area (TPSA) is 83.9 Å². The molecule has 39 heavy (non-hydrogen) atoms. The summed E-state index contributed by atoms with van der Waals surface area (Å²) in [6.07, 6.45) is 6.24. The van der Waals surface area contributed by atoms with Crippen molar-refractivity contribution in [2.75, 3.05) is 39.5 Å². The van der Waals surface area contributed by atoms with E-state index in [4.69, 9.17) is 4.74 Å². The lowest BCUT2D eigenvalue weighted by molar-refractivity contribution is 0.0302. The first-order valence-corrected chi connectivity index (χ1v) is 15.8. The zero-order valence-corrected chi connectivity index (χ0v) is 23.7. The van der Waals surface area contributed by atoms with Crippen molar-refractivity contribution in [3.63, 3.8) is 0 Å². The maximum Gasteiger partial charge on any atom is 0.264 e. The molecule has 1 atom stereocenters. The van der Waals surface area contributed by atoms with Gasteiger partial charge in [-0.25, -0.2) is 13.1 Å². The number of amides is 1. The molecule has 0 radical (unpaired) electrons. The van der Waals surface area contributed by atoms with Crippen molar-refractivity contribution >= 4 is 26.8 Å². The van der Waals surface area contributed by atoms with Crippen molar-refractivity contribution in [3.8, 4) is 17.0 Å². The predicted molar refractivity (Wildman–Crippen MR) is 154 cm³/mol. The Morgan fingerprint density at radius 2 is 1.74 bits per heavy atom. The van der Waals surface area contributed by atoms with Crippen LogP contribution in [-0.2, 0) is 16.6 Å². The summed E-state index contributed by atoms with van der Waals surface area (Å²) < 4.78 is 36.8. The lowest BCUT2D eigenvalue weighted by Crippen LogP contribution is -2.43. The van der Waals surface area contributed by atoms with Crippen molar-refractivity contribution in [2.45, 2.75) is 57.2 Å². The molecule has 8 nitrogen and oxygen atoms in total. The molecular formula is C30H38N4O4S. The molecule has 0 saturated heterocycles. The Morgan fingerprint density at radius 1 is 0.949 bits per heavy atom. The molecule has 3 aromatic rings. The third-order valence-electron chi connectivity index (χ3n) is 8.65. The third kappa shape index (κ3) is 5.19. The number of rotatable bonds is 1. The molecule has 0 spiro atoms. The molecule has 2 aromatic carbocycles. The number of benzene rings is 2. The largest absolute Gasteiger partial charge is 0.473 e. The maximum atomic E-state index is 13.2. The Hall–Kier alpha value is -2.88. The molecule has 1 aliphatic carbocycles. The van der Waals surface area contributed by atoms with Crippen LogP contribution in [0.2, 0.25) is 0 Å².